The highest BCUT2D eigenvalue weighted by Gasteiger charge is 2.29. The summed E-state index contributed by atoms with van der Waals surface area (Å²) in [5, 5.41) is 1.44. The van der Waals surface area contributed by atoms with Gasteiger partial charge in [-0.1, -0.05) is 79.0 Å². The number of piperazine rings is 1. The molecule has 0 aliphatic carbocycles. The van der Waals surface area contributed by atoms with E-state index in [0.29, 0.717) is 6.04 Å². The van der Waals surface area contributed by atoms with Gasteiger partial charge in [0.1, 0.15) is 0 Å². The van der Waals surface area contributed by atoms with E-state index in [-0.39, 0.29) is 5.41 Å². The lowest BCUT2D eigenvalue weighted by molar-refractivity contribution is 0.181. The molecule has 0 bridgehead atoms. The van der Waals surface area contributed by atoms with E-state index in [1.54, 1.807) is 0 Å². The minimum atomic E-state index is 0.210. The molecule has 0 amide bonds. The molecule has 5 heteroatoms. The van der Waals surface area contributed by atoms with Crippen LogP contribution in [0.4, 0.5) is 5.69 Å². The molecule has 1 fully saturated rings. The molecule has 0 saturated carbocycles. The molecule has 2 aromatic heterocycles. The van der Waals surface area contributed by atoms with E-state index in [1.165, 1.54) is 108 Å². The van der Waals surface area contributed by atoms with Crippen LogP contribution in [0.1, 0.15) is 123 Å². The minimum Gasteiger partial charge on any atom is -0.367 e. The minimum absolute atomic E-state index is 0.210. The summed E-state index contributed by atoms with van der Waals surface area (Å²) in [5.74, 6) is 0. The molecule has 0 spiro atoms. The molecule has 5 nitrogen and oxygen atoms in total. The number of benzene rings is 1. The predicted molar refractivity (Wildman–Crippen MR) is 218 cm³/mol. The van der Waals surface area contributed by atoms with E-state index in [1.807, 2.05) is 0 Å². The van der Waals surface area contributed by atoms with Gasteiger partial charge in [-0.05, 0) is 112 Å². The molecule has 1 aromatic carbocycles. The van der Waals surface area contributed by atoms with Crippen LogP contribution in [0.25, 0.3) is 27.7 Å². The number of fused-ring (bicyclic) bond motifs is 1. The number of anilines is 1. The monoisotopic (exact) mass is 680 g/mol. The van der Waals surface area contributed by atoms with Crippen molar-refractivity contribution in [3.05, 3.63) is 66.0 Å². The first-order valence-corrected chi connectivity index (χ1v) is 20.4. The number of nitrogens with zero attached hydrogens (tertiary/aromatic N) is 5. The number of aromatic nitrogens is 2. The lowest BCUT2D eigenvalue weighted by atomic mass is 9.80. The van der Waals surface area contributed by atoms with Gasteiger partial charge in [-0.15, -0.1) is 6.58 Å². The third-order valence-corrected chi connectivity index (χ3v) is 11.7. The first-order chi connectivity index (χ1) is 24.3. The normalized spacial score (nSPS) is 17.9. The van der Waals surface area contributed by atoms with Crippen molar-refractivity contribution in [1.29, 1.82) is 0 Å². The van der Waals surface area contributed by atoms with Gasteiger partial charge < -0.3 is 9.47 Å². The summed E-state index contributed by atoms with van der Waals surface area (Å²) in [5.41, 5.74) is 11.3. The van der Waals surface area contributed by atoms with Crippen molar-refractivity contribution < 1.29 is 0 Å². The van der Waals surface area contributed by atoms with E-state index < -0.39 is 0 Å². The van der Waals surface area contributed by atoms with Crippen molar-refractivity contribution in [3.8, 4) is 11.3 Å². The second kappa shape index (κ2) is 18.0. The Balaban J connectivity index is 1.54. The fraction of sp³-hybridized carbons (Fsp3) is 0.622. The smallest absolute Gasteiger partial charge is 0.0560 e. The average Bonchev–Trinajstić information content (AvgIpc) is 3.43. The molecule has 50 heavy (non-hydrogen) atoms. The number of pyridine rings is 1. The number of aryl methyl sites for hydroxylation is 2. The van der Waals surface area contributed by atoms with Gasteiger partial charge >= 0.3 is 0 Å². The Kier molecular flexibility index (Phi) is 13.8. The van der Waals surface area contributed by atoms with Gasteiger partial charge in [-0.25, -0.2) is 0 Å². The third kappa shape index (κ3) is 8.94. The molecule has 1 atom stereocenters. The van der Waals surface area contributed by atoms with Crippen molar-refractivity contribution in [3.63, 3.8) is 0 Å². The summed E-state index contributed by atoms with van der Waals surface area (Å²) in [6, 6.07) is 10.5. The summed E-state index contributed by atoms with van der Waals surface area (Å²) in [4.78, 5) is 13.2. The summed E-state index contributed by atoms with van der Waals surface area (Å²) in [6.07, 6.45) is 19.9. The number of likely N-dealkylation sites (N-methyl/N-ethyl adjacent to an activating group) is 1. The zero-order valence-electron chi connectivity index (χ0n) is 33.0. The zero-order chi connectivity index (χ0) is 35.7. The maximum atomic E-state index is 5.22. The zero-order valence-corrected chi connectivity index (χ0v) is 33.0. The molecule has 0 N–H and O–H groups in total. The van der Waals surface area contributed by atoms with Crippen LogP contribution in [0.3, 0.4) is 0 Å². The van der Waals surface area contributed by atoms with Crippen LogP contribution in [0.2, 0.25) is 0 Å². The van der Waals surface area contributed by atoms with Crippen LogP contribution in [0.5, 0.6) is 0 Å². The fourth-order valence-corrected chi connectivity index (χ4v) is 8.94. The molecular formula is C45H69N5. The Morgan fingerprint density at radius 2 is 1.78 bits per heavy atom. The summed E-state index contributed by atoms with van der Waals surface area (Å²) < 4.78 is 2.62. The largest absolute Gasteiger partial charge is 0.367 e. The van der Waals surface area contributed by atoms with Gasteiger partial charge in [-0.3, -0.25) is 14.8 Å². The van der Waals surface area contributed by atoms with Crippen LogP contribution in [0.15, 0.2) is 49.2 Å². The van der Waals surface area contributed by atoms with Crippen molar-refractivity contribution in [1.82, 2.24) is 19.4 Å². The molecule has 5 rings (SSSR count). The standard InChI is InChI=1S/C45H69N5/c1-9-15-16-17-18-19-25-47-26-20-21-36(33-47)35-22-23-43-39(29-35)41(31-45(7,8)24-10-2)44(50(43)14-6)40-30-38(32-46-42(40)12-4)49-28-27-48(13-5)37(11-3)34-49/h9,21-23,29-30,32,37H,1,10-20,24-28,31,33-34H2,2-8H3. The molecule has 1 saturated heterocycles. The number of allylic oxidation sites excluding steroid dienone is 1. The van der Waals surface area contributed by atoms with Gasteiger partial charge in [0.25, 0.3) is 0 Å². The fourth-order valence-electron chi connectivity index (χ4n) is 8.94. The highest BCUT2D eigenvalue weighted by Crippen LogP contribution is 2.42. The third-order valence-electron chi connectivity index (χ3n) is 11.7. The first kappa shape index (κ1) is 38.3. The topological polar surface area (TPSA) is 27.5 Å². The lowest BCUT2D eigenvalue weighted by Gasteiger charge is -2.41. The van der Waals surface area contributed by atoms with Crippen molar-refractivity contribution in [2.24, 2.45) is 5.41 Å². The van der Waals surface area contributed by atoms with Gasteiger partial charge in [0.2, 0.25) is 0 Å². The summed E-state index contributed by atoms with van der Waals surface area (Å²) >= 11 is 0. The molecule has 0 radical (unpaired) electrons. The maximum absolute atomic E-state index is 5.22. The van der Waals surface area contributed by atoms with Gasteiger partial charge in [-0.2, -0.15) is 0 Å². The number of hydrogen-bond donors (Lipinski definition) is 0. The average molecular weight is 680 g/mol. The summed E-state index contributed by atoms with van der Waals surface area (Å²) in [7, 11) is 0. The van der Waals surface area contributed by atoms with E-state index in [9.17, 15) is 0 Å². The summed E-state index contributed by atoms with van der Waals surface area (Å²) in [6.45, 7) is 29.2. The van der Waals surface area contributed by atoms with Crippen LogP contribution in [0, 0.1) is 5.41 Å². The Morgan fingerprint density at radius 3 is 2.50 bits per heavy atom. The van der Waals surface area contributed by atoms with Crippen LogP contribution in [-0.4, -0.2) is 71.2 Å². The molecule has 2 aliphatic rings. The van der Waals surface area contributed by atoms with E-state index >= 15 is 0 Å². The van der Waals surface area contributed by atoms with E-state index in [0.717, 1.165) is 65.0 Å². The molecule has 1 unspecified atom stereocenters. The first-order valence-electron chi connectivity index (χ1n) is 20.4. The highest BCUT2D eigenvalue weighted by molar-refractivity contribution is 5.95. The molecular weight excluding hydrogens is 611 g/mol. The Morgan fingerprint density at radius 1 is 0.960 bits per heavy atom. The SMILES string of the molecule is C=CCCCCCCN1CCC=C(c2ccc3c(c2)c(CC(C)(C)CCC)c(-c2cc(N4CCN(CC)C(CC)C4)cnc2CC)n3CC)C1. The van der Waals surface area contributed by atoms with Crippen molar-refractivity contribution >= 4 is 22.2 Å². The Bertz CT molecular complexity index is 1580. The van der Waals surface area contributed by atoms with Gasteiger partial charge in [0.15, 0.2) is 0 Å². The van der Waals surface area contributed by atoms with Crippen molar-refractivity contribution in [2.45, 2.75) is 132 Å². The second-order valence-corrected chi connectivity index (χ2v) is 15.9. The lowest BCUT2D eigenvalue weighted by Crippen LogP contribution is -2.52. The van der Waals surface area contributed by atoms with Gasteiger partial charge in [0, 0.05) is 67.5 Å². The molecule has 274 valence electrons. The Hall–Kier alpha value is -2.89. The van der Waals surface area contributed by atoms with Crippen LogP contribution < -0.4 is 4.90 Å². The number of rotatable bonds is 18. The maximum Gasteiger partial charge on any atom is 0.0560 e. The van der Waals surface area contributed by atoms with Gasteiger partial charge in [0.05, 0.1) is 17.6 Å². The van der Waals surface area contributed by atoms with Crippen molar-refractivity contribution in [2.75, 3.05) is 50.7 Å². The van der Waals surface area contributed by atoms with Crippen LogP contribution >= 0.6 is 0 Å². The molecule has 2 aliphatic heterocycles. The highest BCUT2D eigenvalue weighted by atomic mass is 15.3. The predicted octanol–water partition coefficient (Wildman–Crippen LogP) is 10.8. The van der Waals surface area contributed by atoms with E-state index in [2.05, 4.69) is 117 Å². The van der Waals surface area contributed by atoms with E-state index in [4.69, 9.17) is 4.98 Å². The van der Waals surface area contributed by atoms with Crippen LogP contribution in [-0.2, 0) is 19.4 Å². The molecule has 4 heterocycles. The quantitative estimate of drug-likeness (QED) is 0.0988. The number of unbranched alkanes of at least 4 members (excludes halogenated alkanes) is 4. The second-order valence-electron chi connectivity index (χ2n) is 15.9. The number of hydrogen-bond acceptors (Lipinski definition) is 4. The molecule has 3 aromatic rings. The Labute approximate surface area is 305 Å².